The molecule has 107 heavy (non-hydrogen) atoms. The number of carbonyl (C=O) groups is 1. The van der Waals surface area contributed by atoms with Gasteiger partial charge in [-0.3, -0.25) is 16.1 Å². The monoisotopic (exact) mass is 1720 g/mol. The van der Waals surface area contributed by atoms with E-state index in [-0.39, 0.29) is 43.3 Å². The predicted molar refractivity (Wildman–Crippen MR) is 453 cm³/mol. The first-order chi connectivity index (χ1) is 51.0. The Morgan fingerprint density at radius 3 is 1.29 bits per heavy atom. The van der Waals surface area contributed by atoms with Gasteiger partial charge in [0.2, 0.25) is 15.9 Å². The Morgan fingerprint density at radius 1 is 0.523 bits per heavy atom. The van der Waals surface area contributed by atoms with Crippen LogP contribution in [0.4, 0.5) is 0 Å². The van der Waals surface area contributed by atoms with Gasteiger partial charge in [-0.2, -0.15) is 12.1 Å². The van der Waals surface area contributed by atoms with E-state index in [1.54, 1.807) is 82.3 Å². The number of aldehydes is 1. The Balaban J connectivity index is 0.000000271. The molecule has 532 valence electrons. The fraction of sp³-hybridized carbons (Fsp3) is 0.208. The second-order valence-corrected chi connectivity index (χ2v) is 28.3. The number of benzene rings is 2. The molecule has 11 aromatic rings. The first kappa shape index (κ1) is 93.6. The molecule has 0 spiro atoms. The molecule has 0 atom stereocenters. The van der Waals surface area contributed by atoms with Crippen molar-refractivity contribution in [2.75, 3.05) is 39.5 Å². The van der Waals surface area contributed by atoms with Gasteiger partial charge in [0.05, 0.1) is 78.5 Å². The zero-order valence-corrected chi connectivity index (χ0v) is 68.9. The van der Waals surface area contributed by atoms with Crippen molar-refractivity contribution in [2.45, 2.75) is 60.3 Å². The van der Waals surface area contributed by atoms with E-state index in [0.717, 1.165) is 108 Å². The molecular weight excluding hydrogens is 1650 g/mol. The Hall–Kier alpha value is -5.82. The number of nitrogens with one attached hydrogen (secondary N) is 2. The first-order valence-corrected chi connectivity index (χ1v) is 44.4. The summed E-state index contributed by atoms with van der Waals surface area (Å²) in [6, 6.07) is 43.3. The summed E-state index contributed by atoms with van der Waals surface area (Å²) >= 11 is 41.3. The van der Waals surface area contributed by atoms with Crippen LogP contribution in [0, 0.1) is 12.3 Å². The number of halogens is 6. The fourth-order valence-corrected chi connectivity index (χ4v) is 13.4. The predicted octanol–water partition coefficient (Wildman–Crippen LogP) is 17.3. The molecule has 11 heterocycles. The quantitative estimate of drug-likeness (QED) is 0.0195. The fourth-order valence-electron chi connectivity index (χ4n) is 8.42. The molecule has 2 fully saturated rings. The number of thiophene rings is 5. The number of aromatic nitrogens is 8. The average molecular weight is 1720 g/mol. The van der Waals surface area contributed by atoms with E-state index in [4.69, 9.17) is 116 Å². The van der Waals surface area contributed by atoms with Gasteiger partial charge < -0.3 is 29.6 Å². The van der Waals surface area contributed by atoms with Gasteiger partial charge in [-0.1, -0.05) is 78.7 Å². The van der Waals surface area contributed by atoms with Gasteiger partial charge in [-0.25, -0.2) is 39.9 Å². The van der Waals surface area contributed by atoms with Gasteiger partial charge in [0.1, 0.15) is 12.1 Å². The van der Waals surface area contributed by atoms with E-state index in [1.807, 2.05) is 79.7 Å². The number of rotatable bonds is 19. The molecule has 13 rings (SSSR count). The maximum absolute atomic E-state index is 10.5. The third kappa shape index (κ3) is 35.8. The Morgan fingerprint density at radius 2 is 0.916 bits per heavy atom. The van der Waals surface area contributed by atoms with Crippen molar-refractivity contribution < 1.29 is 40.1 Å². The third-order valence-corrected chi connectivity index (χ3v) is 19.7. The number of hydrogen-bond donors (Lipinski definition) is 2. The van der Waals surface area contributed by atoms with E-state index in [2.05, 4.69) is 166 Å². The number of nitrogens with zero attached hydrogens (tertiary/aromatic N) is 8. The van der Waals surface area contributed by atoms with Gasteiger partial charge in [-0.15, -0.1) is 50.7 Å². The van der Waals surface area contributed by atoms with Crippen LogP contribution < -0.4 is 10.6 Å². The number of carbonyl (C=O) groups excluding carboxylic acids is 1. The zero-order chi connectivity index (χ0) is 75.6. The molecule has 2 aromatic carbocycles. The summed E-state index contributed by atoms with van der Waals surface area (Å²) in [6.45, 7) is 14.7. The minimum atomic E-state index is -0.630. The van der Waals surface area contributed by atoms with Crippen LogP contribution in [0.1, 0.15) is 73.6 Å². The molecule has 0 saturated carbocycles. The largest absolute Gasteiger partial charge is 0.357 e. The Kier molecular flexibility index (Phi) is 47.2. The van der Waals surface area contributed by atoms with Crippen molar-refractivity contribution in [3.63, 3.8) is 0 Å². The number of ether oxygens (including phenoxy) is 4. The van der Waals surface area contributed by atoms with Gasteiger partial charge in [0.15, 0.2) is 12.6 Å². The molecule has 2 N–H and O–H groups in total. The number of hydrogen-bond acceptors (Lipinski definition) is 20. The SMILES string of the molecule is C.C.C=C=C=C=C=C=C=C.Cc1nccc(-c2ccc(CNCCc3ccc(Cl)cc3)s2)n1.Clc1ccc(CCNCc2ccc(-c3ccnc(Cl)n3)s2)cc1.Clc1nccc(-c2ccc(C3OCCO3)s2)n1.O=Cc1ccc(-c2ccnc(Cl)n2)s1.[B]B([B])B([B])B([B])[B].[Zn+][Br].[c-]1ccc(C2OCCO2)s1. The van der Waals surface area contributed by atoms with Crippen molar-refractivity contribution in [3.8, 4) is 42.3 Å². The normalized spacial score (nSPS) is 11.4. The van der Waals surface area contributed by atoms with Crippen LogP contribution in [0.3, 0.4) is 0 Å². The molecule has 2 aliphatic rings. The van der Waals surface area contributed by atoms with E-state index in [0.29, 0.717) is 31.3 Å². The van der Waals surface area contributed by atoms with E-state index in [9.17, 15) is 4.79 Å². The van der Waals surface area contributed by atoms with Crippen molar-refractivity contribution in [2.24, 2.45) is 0 Å². The van der Waals surface area contributed by atoms with Crippen LogP contribution >= 0.6 is 128 Å². The standard InChI is InChI=1S/C18H18ClN3S.C17H15Cl2N3S.C11H9ClN2O2S.C9H5ClN2OS.C8H4.C7H7O2S.2CH4.B8.BrH.Zn/c1-13-21-11-9-17(22-13)18-7-6-16(23-18)12-20-10-8-14-2-4-15(19)5-3-14;18-13-3-1-12(2-4-13)7-9-20-11-14-5-6-16(23-14)15-8-10-21-17(19)22-15;12-11-13-4-3-7(14-11)8-1-2-9(17-8)10-15-5-6-16-10;10-9-11-4-3-7(12-9)8-2-1-6(5-13)14-8;1-3-5-7-8-6-4-2;1-2-6(10-5-1)7-8-3-4-9-7;;;1-6(2)8(5)7(3)4;;/h2-7,9,11,20H,8,10,12H2,1H3;1-6,8,10,20H,7,9,11H2;1-4,10H,5-6H2;1-5H;1-2H2;1-2,7H,3-4H2;2*1H4;;1H;/q;;;;;-1;;;;;+2/p-1. The molecule has 15 nitrogen and oxygen atoms in total. The molecule has 35 heteroatoms. The summed E-state index contributed by atoms with van der Waals surface area (Å²) in [7, 11) is 25.8. The maximum Gasteiger partial charge on any atom is 0.137 e. The molecule has 9 aromatic heterocycles. The van der Waals surface area contributed by atoms with Crippen LogP contribution in [-0.4, -0.2) is 144 Å². The van der Waals surface area contributed by atoms with Crippen molar-refractivity contribution in [1.29, 1.82) is 0 Å². The van der Waals surface area contributed by atoms with Crippen LogP contribution in [0.5, 0.6) is 0 Å². The smallest absolute Gasteiger partial charge is 0.137 e. The van der Waals surface area contributed by atoms with Crippen molar-refractivity contribution in [1.82, 2.24) is 50.5 Å². The molecular formula is C72H66B8BrCl5N10O5S5Zn. The summed E-state index contributed by atoms with van der Waals surface area (Å²) in [5.41, 5.74) is 20.5. The van der Waals surface area contributed by atoms with Crippen LogP contribution in [0.15, 0.2) is 206 Å². The molecule has 0 amide bonds. The first-order valence-electron chi connectivity index (χ1n) is 31.5. The van der Waals surface area contributed by atoms with Gasteiger partial charge >= 0.3 is 30.0 Å². The minimum absolute atomic E-state index is 0. The minimum Gasteiger partial charge on any atom is -0.357 e. The van der Waals surface area contributed by atoms with Gasteiger partial charge in [-0.05, 0) is 212 Å². The van der Waals surface area contributed by atoms with E-state index < -0.39 is 19.2 Å². The molecule has 2 aliphatic heterocycles. The van der Waals surface area contributed by atoms with Crippen molar-refractivity contribution >= 4 is 192 Å². The van der Waals surface area contributed by atoms with E-state index >= 15 is 0 Å². The summed E-state index contributed by atoms with van der Waals surface area (Å²) in [5.74, 6) is 0.804. The molecule has 0 bridgehead atoms. The van der Waals surface area contributed by atoms with Crippen molar-refractivity contribution in [3.05, 3.63) is 278 Å². The summed E-state index contributed by atoms with van der Waals surface area (Å²) in [5, 5.41) is 12.2. The summed E-state index contributed by atoms with van der Waals surface area (Å²) < 4.78 is 21.4. The van der Waals surface area contributed by atoms with Crippen LogP contribution in [0.25, 0.3) is 42.3 Å². The molecule has 0 aliphatic carbocycles. The van der Waals surface area contributed by atoms with Gasteiger partial charge in [0.25, 0.3) is 0 Å². The van der Waals surface area contributed by atoms with Gasteiger partial charge in [0, 0.05) is 116 Å². The second kappa shape index (κ2) is 53.9. The Labute approximate surface area is 696 Å². The maximum atomic E-state index is 10.5. The number of aryl methyl sites for hydroxylation is 1. The van der Waals surface area contributed by atoms with E-state index in [1.165, 1.54) is 53.4 Å². The van der Waals surface area contributed by atoms with Crippen LogP contribution in [0.2, 0.25) is 25.9 Å². The molecule has 0 unspecified atom stereocenters. The summed E-state index contributed by atoms with van der Waals surface area (Å²) in [6.07, 6.45) is 7.39. The zero-order valence-electron chi connectivity index (χ0n) is 56.5. The topological polar surface area (TPSA) is 181 Å². The third-order valence-electron chi connectivity index (χ3n) is 13.4. The van der Waals surface area contributed by atoms with Crippen LogP contribution in [-0.2, 0) is 61.2 Å². The second-order valence-electron chi connectivity index (χ2n) is 21.0. The average Bonchev–Trinajstić information content (AvgIpc) is 1.75. The molecule has 2 saturated heterocycles. The molecule has 10 radical (unpaired) electrons. The summed E-state index contributed by atoms with van der Waals surface area (Å²) in [4.78, 5) is 52.7. The Bertz CT molecular complexity index is 4440.